The van der Waals surface area contributed by atoms with Crippen molar-refractivity contribution in [2.24, 2.45) is 10.7 Å². The molecule has 1 aliphatic carbocycles. The number of methoxy groups -OCH3 is 1. The molecule has 0 bridgehead atoms. The van der Waals surface area contributed by atoms with E-state index in [9.17, 15) is 4.39 Å². The van der Waals surface area contributed by atoms with Crippen LogP contribution in [0.15, 0.2) is 23.2 Å². The van der Waals surface area contributed by atoms with Gasteiger partial charge in [-0.15, -0.1) is 0 Å². The summed E-state index contributed by atoms with van der Waals surface area (Å²) in [7, 11) is 1.52. The van der Waals surface area contributed by atoms with Crippen molar-refractivity contribution in [2.45, 2.75) is 51.1 Å². The maximum atomic E-state index is 13.4. The molecule has 2 rings (SSSR count). The van der Waals surface area contributed by atoms with Crippen LogP contribution in [0.3, 0.4) is 0 Å². The third kappa shape index (κ3) is 5.25. The van der Waals surface area contributed by atoms with Crippen LogP contribution in [0.2, 0.25) is 0 Å². The van der Waals surface area contributed by atoms with E-state index >= 15 is 0 Å². The predicted octanol–water partition coefficient (Wildman–Crippen LogP) is 2.96. The lowest BCUT2D eigenvalue weighted by Crippen LogP contribution is -2.39. The van der Waals surface area contributed by atoms with Crippen LogP contribution in [0.1, 0.15) is 44.1 Å². The second-order valence-electron chi connectivity index (χ2n) is 5.53. The van der Waals surface area contributed by atoms with E-state index in [1.54, 1.807) is 6.07 Å². The van der Waals surface area contributed by atoms with E-state index in [1.807, 2.05) is 0 Å². The van der Waals surface area contributed by atoms with Crippen molar-refractivity contribution in [3.63, 3.8) is 0 Å². The topological polar surface area (TPSA) is 59.6 Å². The van der Waals surface area contributed by atoms with Crippen molar-refractivity contribution in [3.05, 3.63) is 29.6 Å². The highest BCUT2D eigenvalue weighted by molar-refractivity contribution is 5.78. The number of benzene rings is 1. The van der Waals surface area contributed by atoms with E-state index in [1.165, 1.54) is 44.9 Å². The van der Waals surface area contributed by atoms with Crippen molar-refractivity contribution >= 4 is 5.96 Å². The number of ether oxygens (including phenoxy) is 1. The molecule has 1 aromatic carbocycles. The second-order valence-corrected chi connectivity index (χ2v) is 5.53. The first-order valence-corrected chi connectivity index (χ1v) is 7.57. The predicted molar refractivity (Wildman–Crippen MR) is 82.9 cm³/mol. The largest absolute Gasteiger partial charge is 0.497 e. The molecule has 0 aromatic heterocycles. The number of nitrogens with zero attached hydrogens (tertiary/aromatic N) is 1. The van der Waals surface area contributed by atoms with Crippen LogP contribution in [0.25, 0.3) is 0 Å². The Morgan fingerprint density at radius 2 is 2.00 bits per heavy atom. The minimum atomic E-state index is -0.324. The summed E-state index contributed by atoms with van der Waals surface area (Å²) in [5, 5.41) is 3.28. The molecule has 0 saturated heterocycles. The average Bonchev–Trinajstić information content (AvgIpc) is 2.73. The number of guanidine groups is 1. The van der Waals surface area contributed by atoms with Gasteiger partial charge >= 0.3 is 0 Å². The van der Waals surface area contributed by atoms with Crippen LogP contribution >= 0.6 is 0 Å². The van der Waals surface area contributed by atoms with E-state index in [0.29, 0.717) is 24.3 Å². The van der Waals surface area contributed by atoms with E-state index < -0.39 is 0 Å². The zero-order valence-electron chi connectivity index (χ0n) is 12.6. The van der Waals surface area contributed by atoms with Gasteiger partial charge in [-0.25, -0.2) is 9.38 Å². The molecule has 1 saturated carbocycles. The molecule has 1 aliphatic rings. The zero-order valence-corrected chi connectivity index (χ0v) is 12.6. The first-order valence-electron chi connectivity index (χ1n) is 7.57. The molecule has 21 heavy (non-hydrogen) atoms. The van der Waals surface area contributed by atoms with E-state index in [4.69, 9.17) is 10.5 Å². The minimum Gasteiger partial charge on any atom is -0.497 e. The van der Waals surface area contributed by atoms with E-state index in [-0.39, 0.29) is 5.82 Å². The fourth-order valence-corrected chi connectivity index (χ4v) is 2.68. The maximum Gasteiger partial charge on any atom is 0.189 e. The second kappa shape index (κ2) is 7.86. The number of nitrogens with two attached hydrogens (primary N) is 1. The Bertz CT molecular complexity index is 482. The molecule has 0 unspecified atom stereocenters. The Morgan fingerprint density at radius 3 is 2.67 bits per heavy atom. The van der Waals surface area contributed by atoms with Gasteiger partial charge in [0, 0.05) is 12.1 Å². The van der Waals surface area contributed by atoms with Gasteiger partial charge in [-0.1, -0.05) is 25.7 Å². The Balaban J connectivity index is 1.91. The van der Waals surface area contributed by atoms with Crippen LogP contribution in [0.4, 0.5) is 4.39 Å². The van der Waals surface area contributed by atoms with Crippen LogP contribution in [0.5, 0.6) is 5.75 Å². The third-order valence-corrected chi connectivity index (χ3v) is 3.81. The molecular weight excluding hydrogens is 269 g/mol. The summed E-state index contributed by atoms with van der Waals surface area (Å²) >= 11 is 0. The summed E-state index contributed by atoms with van der Waals surface area (Å²) < 4.78 is 18.4. The number of nitrogens with one attached hydrogen (secondary N) is 1. The lowest BCUT2D eigenvalue weighted by molar-refractivity contribution is 0.410. The molecule has 0 heterocycles. The van der Waals surface area contributed by atoms with Gasteiger partial charge in [-0.2, -0.15) is 0 Å². The lowest BCUT2D eigenvalue weighted by Gasteiger charge is -2.16. The number of hydrogen-bond donors (Lipinski definition) is 2. The first-order chi connectivity index (χ1) is 10.2. The van der Waals surface area contributed by atoms with Crippen molar-refractivity contribution < 1.29 is 9.13 Å². The quantitative estimate of drug-likeness (QED) is 0.510. The minimum absolute atomic E-state index is 0.324. The van der Waals surface area contributed by atoms with Gasteiger partial charge in [0.25, 0.3) is 0 Å². The molecule has 3 N–H and O–H groups in total. The average molecular weight is 293 g/mol. The molecule has 0 aliphatic heterocycles. The normalized spacial score (nSPS) is 17.3. The Kier molecular flexibility index (Phi) is 5.84. The Hall–Kier alpha value is -1.78. The third-order valence-electron chi connectivity index (χ3n) is 3.81. The molecule has 1 aromatic rings. The van der Waals surface area contributed by atoms with E-state index in [0.717, 1.165) is 18.4 Å². The van der Waals surface area contributed by atoms with Gasteiger partial charge in [0.05, 0.1) is 13.7 Å². The molecule has 116 valence electrons. The van der Waals surface area contributed by atoms with Crippen molar-refractivity contribution in [1.29, 1.82) is 0 Å². The van der Waals surface area contributed by atoms with E-state index in [2.05, 4.69) is 10.3 Å². The highest BCUT2D eigenvalue weighted by Crippen LogP contribution is 2.18. The Labute approximate surface area is 125 Å². The lowest BCUT2D eigenvalue weighted by atomic mass is 10.1. The highest BCUT2D eigenvalue weighted by atomic mass is 19.1. The Morgan fingerprint density at radius 1 is 1.29 bits per heavy atom. The number of hydrogen-bond acceptors (Lipinski definition) is 2. The molecule has 0 spiro atoms. The van der Waals surface area contributed by atoms with Crippen molar-refractivity contribution in [2.75, 3.05) is 7.11 Å². The van der Waals surface area contributed by atoms with Crippen LogP contribution in [-0.2, 0) is 6.54 Å². The molecule has 1 fully saturated rings. The van der Waals surface area contributed by atoms with Crippen molar-refractivity contribution in [3.8, 4) is 5.75 Å². The fourth-order valence-electron chi connectivity index (χ4n) is 2.68. The number of aliphatic imine (C=N–C) groups is 1. The van der Waals surface area contributed by atoms with Gasteiger partial charge in [-0.05, 0) is 30.5 Å². The summed E-state index contributed by atoms with van der Waals surface area (Å²) in [6.07, 6.45) is 7.38. The summed E-state index contributed by atoms with van der Waals surface area (Å²) in [4.78, 5) is 4.30. The summed E-state index contributed by atoms with van der Waals surface area (Å²) in [6, 6.07) is 4.98. The zero-order chi connectivity index (χ0) is 15.1. The van der Waals surface area contributed by atoms with Gasteiger partial charge in [0.1, 0.15) is 11.6 Å². The maximum absolute atomic E-state index is 13.4. The van der Waals surface area contributed by atoms with Gasteiger partial charge in [0.15, 0.2) is 5.96 Å². The molecule has 5 heteroatoms. The molecule has 0 atom stereocenters. The summed E-state index contributed by atoms with van der Waals surface area (Å²) in [6.45, 7) is 0.347. The molecule has 4 nitrogen and oxygen atoms in total. The van der Waals surface area contributed by atoms with Crippen molar-refractivity contribution in [1.82, 2.24) is 5.32 Å². The molecular formula is C16H24FN3O. The summed E-state index contributed by atoms with van der Waals surface area (Å²) in [5.74, 6) is 0.607. The molecule has 0 radical (unpaired) electrons. The standard InChI is InChI=1S/C16H24FN3O/c1-21-15-9-12(8-13(17)10-15)11-19-16(18)20-14-6-4-2-3-5-7-14/h8-10,14H,2-7,11H2,1H3,(H3,18,19,20). The first kappa shape index (κ1) is 15.6. The van der Waals surface area contributed by atoms with Gasteiger partial charge in [-0.3, -0.25) is 0 Å². The van der Waals surface area contributed by atoms with Crippen LogP contribution in [0, 0.1) is 5.82 Å². The van der Waals surface area contributed by atoms with Crippen LogP contribution < -0.4 is 15.8 Å². The smallest absolute Gasteiger partial charge is 0.189 e. The number of rotatable bonds is 4. The van der Waals surface area contributed by atoms with Gasteiger partial charge < -0.3 is 15.8 Å². The van der Waals surface area contributed by atoms with Gasteiger partial charge in [0.2, 0.25) is 0 Å². The fraction of sp³-hybridized carbons (Fsp3) is 0.562. The summed E-state index contributed by atoms with van der Waals surface area (Å²) in [5.41, 5.74) is 6.67. The number of halogens is 1. The SMILES string of the molecule is COc1cc(F)cc(CN=C(N)NC2CCCCCC2)c1. The molecule has 0 amide bonds. The van der Waals surface area contributed by atoms with Crippen LogP contribution in [-0.4, -0.2) is 19.1 Å². The monoisotopic (exact) mass is 293 g/mol. The highest BCUT2D eigenvalue weighted by Gasteiger charge is 2.12.